The van der Waals surface area contributed by atoms with Crippen LogP contribution >= 0.6 is 0 Å². The summed E-state index contributed by atoms with van der Waals surface area (Å²) in [7, 11) is 0. The molecular weight excluding hydrogens is 174 g/mol. The molecule has 2 N–H and O–H groups in total. The van der Waals surface area contributed by atoms with Crippen LogP contribution in [0.3, 0.4) is 0 Å². The van der Waals surface area contributed by atoms with Gasteiger partial charge in [-0.15, -0.1) is 0 Å². The summed E-state index contributed by atoms with van der Waals surface area (Å²) in [5.74, 6) is 0. The molecule has 0 amide bonds. The topological polar surface area (TPSA) is 32.3 Å². The highest BCUT2D eigenvalue weighted by Crippen LogP contribution is 2.29. The van der Waals surface area contributed by atoms with Crippen molar-refractivity contribution in [3.05, 3.63) is 0 Å². The lowest BCUT2D eigenvalue weighted by Crippen LogP contribution is -2.41. The summed E-state index contributed by atoms with van der Waals surface area (Å²) in [6.07, 6.45) is 5.52. The molecule has 0 aromatic rings. The molecule has 1 rings (SSSR count). The van der Waals surface area contributed by atoms with Gasteiger partial charge in [0.05, 0.1) is 5.60 Å². The van der Waals surface area contributed by atoms with Crippen molar-refractivity contribution in [3.8, 4) is 0 Å². The second kappa shape index (κ2) is 4.63. The Morgan fingerprint density at radius 3 is 2.36 bits per heavy atom. The summed E-state index contributed by atoms with van der Waals surface area (Å²) in [4.78, 5) is 0. The van der Waals surface area contributed by atoms with Gasteiger partial charge in [0.1, 0.15) is 0 Å². The number of aliphatic hydroxyl groups is 1. The third-order valence-electron chi connectivity index (χ3n) is 3.55. The third kappa shape index (κ3) is 3.58. The van der Waals surface area contributed by atoms with E-state index in [0.717, 1.165) is 25.9 Å². The molecule has 2 heteroatoms. The minimum atomic E-state index is -0.399. The summed E-state index contributed by atoms with van der Waals surface area (Å²) in [6.45, 7) is 8.52. The second-order valence-electron chi connectivity index (χ2n) is 5.55. The van der Waals surface area contributed by atoms with Crippen LogP contribution in [0.5, 0.6) is 0 Å². The van der Waals surface area contributed by atoms with Crippen LogP contribution in [0.4, 0.5) is 0 Å². The molecule has 14 heavy (non-hydrogen) atoms. The highest BCUT2D eigenvalue weighted by atomic mass is 16.3. The SMILES string of the molecule is CCC(C)(C)CNCC1(O)CCCC1. The molecule has 0 aromatic heterocycles. The second-order valence-corrected chi connectivity index (χ2v) is 5.55. The van der Waals surface area contributed by atoms with Gasteiger partial charge in [-0.1, -0.05) is 33.6 Å². The van der Waals surface area contributed by atoms with Crippen LogP contribution in [0.2, 0.25) is 0 Å². The molecule has 0 atom stereocenters. The van der Waals surface area contributed by atoms with Gasteiger partial charge in [-0.2, -0.15) is 0 Å². The predicted octanol–water partition coefficient (Wildman–Crippen LogP) is 2.32. The molecule has 1 fully saturated rings. The average Bonchev–Trinajstić information content (AvgIpc) is 2.52. The maximum atomic E-state index is 10.1. The first-order valence-corrected chi connectivity index (χ1v) is 5.91. The van der Waals surface area contributed by atoms with E-state index in [2.05, 4.69) is 26.1 Å². The standard InChI is InChI=1S/C12H25NO/c1-4-11(2,3)9-13-10-12(14)7-5-6-8-12/h13-14H,4-10H2,1-3H3. The Morgan fingerprint density at radius 1 is 1.29 bits per heavy atom. The number of rotatable bonds is 5. The highest BCUT2D eigenvalue weighted by molar-refractivity contribution is 4.86. The lowest BCUT2D eigenvalue weighted by molar-refractivity contribution is 0.0453. The van der Waals surface area contributed by atoms with Crippen molar-refractivity contribution in [2.24, 2.45) is 5.41 Å². The quantitative estimate of drug-likeness (QED) is 0.712. The molecule has 0 radical (unpaired) electrons. The van der Waals surface area contributed by atoms with E-state index in [1.54, 1.807) is 0 Å². The molecule has 0 saturated heterocycles. The van der Waals surface area contributed by atoms with Crippen LogP contribution < -0.4 is 5.32 Å². The van der Waals surface area contributed by atoms with Crippen LogP contribution in [0.25, 0.3) is 0 Å². The Kier molecular flexibility index (Phi) is 3.96. The zero-order valence-electron chi connectivity index (χ0n) is 9.90. The van der Waals surface area contributed by atoms with Gasteiger partial charge in [0.25, 0.3) is 0 Å². The number of nitrogens with one attached hydrogen (secondary N) is 1. The molecule has 0 aromatic carbocycles. The fourth-order valence-corrected chi connectivity index (χ4v) is 1.97. The average molecular weight is 199 g/mol. The summed E-state index contributed by atoms with van der Waals surface area (Å²) in [6, 6.07) is 0. The van der Waals surface area contributed by atoms with Crippen molar-refractivity contribution >= 4 is 0 Å². The Balaban J connectivity index is 2.20. The largest absolute Gasteiger partial charge is 0.389 e. The van der Waals surface area contributed by atoms with E-state index in [-0.39, 0.29) is 0 Å². The van der Waals surface area contributed by atoms with E-state index in [0.29, 0.717) is 5.41 Å². The predicted molar refractivity (Wildman–Crippen MR) is 60.4 cm³/mol. The first-order chi connectivity index (χ1) is 6.47. The lowest BCUT2D eigenvalue weighted by Gasteiger charge is -2.27. The normalized spacial score (nSPS) is 21.4. The molecule has 0 bridgehead atoms. The molecule has 0 spiro atoms. The molecule has 0 aliphatic heterocycles. The molecular formula is C12H25NO. The molecule has 1 aliphatic carbocycles. The third-order valence-corrected chi connectivity index (χ3v) is 3.55. The Bertz CT molecular complexity index is 171. The summed E-state index contributed by atoms with van der Waals surface area (Å²) >= 11 is 0. The van der Waals surface area contributed by atoms with Crippen LogP contribution in [-0.4, -0.2) is 23.8 Å². The smallest absolute Gasteiger partial charge is 0.0771 e. The molecule has 1 saturated carbocycles. The highest BCUT2D eigenvalue weighted by Gasteiger charge is 2.30. The minimum Gasteiger partial charge on any atom is -0.389 e. The van der Waals surface area contributed by atoms with Gasteiger partial charge in [0.15, 0.2) is 0 Å². The van der Waals surface area contributed by atoms with E-state index < -0.39 is 5.60 Å². The fraction of sp³-hybridized carbons (Fsp3) is 1.00. The zero-order valence-corrected chi connectivity index (χ0v) is 9.90. The maximum Gasteiger partial charge on any atom is 0.0771 e. The van der Waals surface area contributed by atoms with Crippen LogP contribution in [0.15, 0.2) is 0 Å². The van der Waals surface area contributed by atoms with Gasteiger partial charge >= 0.3 is 0 Å². The summed E-state index contributed by atoms with van der Waals surface area (Å²) in [5.41, 5.74) is -0.0429. The fourth-order valence-electron chi connectivity index (χ4n) is 1.97. The van der Waals surface area contributed by atoms with E-state index >= 15 is 0 Å². The van der Waals surface area contributed by atoms with E-state index in [1.165, 1.54) is 19.3 Å². The van der Waals surface area contributed by atoms with E-state index in [4.69, 9.17) is 0 Å². The van der Waals surface area contributed by atoms with Crippen molar-refractivity contribution in [2.75, 3.05) is 13.1 Å². The summed E-state index contributed by atoms with van der Waals surface area (Å²) in [5, 5.41) is 13.5. The Hall–Kier alpha value is -0.0800. The number of hydrogen-bond acceptors (Lipinski definition) is 2. The van der Waals surface area contributed by atoms with Crippen LogP contribution in [0, 0.1) is 5.41 Å². The van der Waals surface area contributed by atoms with Gasteiger partial charge in [-0.05, 0) is 24.7 Å². The van der Waals surface area contributed by atoms with Gasteiger partial charge < -0.3 is 10.4 Å². The zero-order chi connectivity index (χ0) is 10.7. The molecule has 2 nitrogen and oxygen atoms in total. The van der Waals surface area contributed by atoms with Gasteiger partial charge in [-0.3, -0.25) is 0 Å². The molecule has 1 aliphatic rings. The monoisotopic (exact) mass is 199 g/mol. The van der Waals surface area contributed by atoms with Crippen LogP contribution in [-0.2, 0) is 0 Å². The first kappa shape index (κ1) is 12.0. The van der Waals surface area contributed by atoms with Gasteiger partial charge in [-0.25, -0.2) is 0 Å². The first-order valence-electron chi connectivity index (χ1n) is 5.91. The van der Waals surface area contributed by atoms with Gasteiger partial charge in [0, 0.05) is 13.1 Å². The molecule has 0 unspecified atom stereocenters. The van der Waals surface area contributed by atoms with Gasteiger partial charge in [0.2, 0.25) is 0 Å². The Labute approximate surface area is 88.1 Å². The molecule has 84 valence electrons. The lowest BCUT2D eigenvalue weighted by atomic mass is 9.90. The van der Waals surface area contributed by atoms with Crippen LogP contribution in [0.1, 0.15) is 52.9 Å². The minimum absolute atomic E-state index is 0.356. The van der Waals surface area contributed by atoms with Crippen molar-refractivity contribution in [1.82, 2.24) is 5.32 Å². The van der Waals surface area contributed by atoms with Crippen molar-refractivity contribution in [1.29, 1.82) is 0 Å². The molecule has 0 heterocycles. The van der Waals surface area contributed by atoms with E-state index in [9.17, 15) is 5.11 Å². The Morgan fingerprint density at radius 2 is 1.86 bits per heavy atom. The number of hydrogen-bond donors (Lipinski definition) is 2. The van der Waals surface area contributed by atoms with Crippen molar-refractivity contribution < 1.29 is 5.11 Å². The summed E-state index contributed by atoms with van der Waals surface area (Å²) < 4.78 is 0. The maximum absolute atomic E-state index is 10.1. The van der Waals surface area contributed by atoms with Crippen molar-refractivity contribution in [2.45, 2.75) is 58.5 Å². The van der Waals surface area contributed by atoms with E-state index in [1.807, 2.05) is 0 Å². The van der Waals surface area contributed by atoms with Crippen molar-refractivity contribution in [3.63, 3.8) is 0 Å².